The van der Waals surface area contributed by atoms with Crippen molar-refractivity contribution in [2.45, 2.75) is 0 Å². The van der Waals surface area contributed by atoms with E-state index in [9.17, 15) is 0 Å². The van der Waals surface area contributed by atoms with Crippen molar-refractivity contribution in [3.63, 3.8) is 0 Å². The number of quaternary nitrogens is 1. The lowest BCUT2D eigenvalue weighted by Crippen LogP contribution is -2.35. The molecule has 0 amide bonds. The number of nitrogens with zero attached hydrogens (tertiary/aromatic N) is 2. The second-order valence-corrected chi connectivity index (χ2v) is 4.95. The molecule has 0 bridgehead atoms. The van der Waals surface area contributed by atoms with Crippen molar-refractivity contribution in [3.05, 3.63) is 27.3 Å². The Hall–Kier alpha value is -0.600. The fourth-order valence-electron chi connectivity index (χ4n) is 1.12. The minimum absolute atomic E-state index is 0.724. The lowest BCUT2D eigenvalue weighted by atomic mass is 10.2. The molecular formula is C10H12IN2+. The fraction of sp³-hybridized carbons (Fsp3) is 0.300. The Labute approximate surface area is 92.5 Å². The molecule has 0 saturated heterocycles. The molecule has 1 rings (SSSR count). The maximum atomic E-state index is 8.70. The van der Waals surface area contributed by atoms with Crippen LogP contribution < -0.4 is 4.48 Å². The van der Waals surface area contributed by atoms with Crippen LogP contribution in [-0.4, -0.2) is 21.1 Å². The fourth-order valence-corrected chi connectivity index (χ4v) is 2.36. The lowest BCUT2D eigenvalue weighted by molar-refractivity contribution is 0.484. The Morgan fingerprint density at radius 3 is 2.31 bits per heavy atom. The van der Waals surface area contributed by atoms with E-state index in [4.69, 9.17) is 5.26 Å². The standard InChI is InChI=1S/C10H12IN2/c1-13(2,3)10-5-4-8(7-12)6-9(10)11/h4-6H,1-3H3/q+1. The Kier molecular flexibility index (Phi) is 2.94. The summed E-state index contributed by atoms with van der Waals surface area (Å²) in [7, 11) is 6.34. The van der Waals surface area contributed by atoms with Crippen molar-refractivity contribution < 1.29 is 0 Å². The zero-order chi connectivity index (χ0) is 10.1. The van der Waals surface area contributed by atoms with Gasteiger partial charge in [-0.2, -0.15) is 5.26 Å². The molecular weight excluding hydrogens is 275 g/mol. The first-order chi connectivity index (χ1) is 5.95. The van der Waals surface area contributed by atoms with Gasteiger partial charge in [-0.25, -0.2) is 0 Å². The Balaban J connectivity index is 3.23. The number of nitriles is 1. The first-order valence-corrected chi connectivity index (χ1v) is 5.04. The molecule has 0 aromatic heterocycles. The second kappa shape index (κ2) is 3.64. The van der Waals surface area contributed by atoms with Gasteiger partial charge < -0.3 is 0 Å². The van der Waals surface area contributed by atoms with Crippen LogP contribution in [-0.2, 0) is 0 Å². The molecule has 0 heterocycles. The smallest absolute Gasteiger partial charge is 0.145 e. The SMILES string of the molecule is C[N+](C)(C)c1ccc(C#N)cc1I. The van der Waals surface area contributed by atoms with Gasteiger partial charge in [0, 0.05) is 6.07 Å². The highest BCUT2D eigenvalue weighted by atomic mass is 127. The Morgan fingerprint density at radius 2 is 1.92 bits per heavy atom. The molecule has 0 radical (unpaired) electrons. The maximum absolute atomic E-state index is 8.70. The minimum atomic E-state index is 0.724. The number of halogens is 1. The molecule has 0 atom stereocenters. The maximum Gasteiger partial charge on any atom is 0.145 e. The molecule has 0 fully saturated rings. The van der Waals surface area contributed by atoms with Gasteiger partial charge in [0.25, 0.3) is 0 Å². The van der Waals surface area contributed by atoms with Crippen molar-refractivity contribution in [1.82, 2.24) is 4.48 Å². The highest BCUT2D eigenvalue weighted by Crippen LogP contribution is 2.25. The van der Waals surface area contributed by atoms with E-state index in [2.05, 4.69) is 49.8 Å². The zero-order valence-electron chi connectivity index (χ0n) is 8.00. The van der Waals surface area contributed by atoms with Gasteiger partial charge in [-0.05, 0) is 34.7 Å². The van der Waals surface area contributed by atoms with Gasteiger partial charge in [0.15, 0.2) is 0 Å². The number of benzene rings is 1. The van der Waals surface area contributed by atoms with E-state index in [0.29, 0.717) is 0 Å². The summed E-state index contributed by atoms with van der Waals surface area (Å²) in [6.45, 7) is 0. The van der Waals surface area contributed by atoms with Crippen molar-refractivity contribution in [2.24, 2.45) is 0 Å². The van der Waals surface area contributed by atoms with Crippen LogP contribution in [0.3, 0.4) is 0 Å². The molecule has 0 aliphatic carbocycles. The van der Waals surface area contributed by atoms with Gasteiger partial charge in [-0.1, -0.05) is 0 Å². The molecule has 0 aliphatic heterocycles. The summed E-state index contributed by atoms with van der Waals surface area (Å²) in [6, 6.07) is 7.93. The molecule has 68 valence electrons. The highest BCUT2D eigenvalue weighted by molar-refractivity contribution is 14.1. The first-order valence-electron chi connectivity index (χ1n) is 3.97. The minimum Gasteiger partial charge on any atom is -0.297 e. The monoisotopic (exact) mass is 287 g/mol. The van der Waals surface area contributed by atoms with E-state index >= 15 is 0 Å². The van der Waals surface area contributed by atoms with Crippen LogP contribution in [0.25, 0.3) is 0 Å². The van der Waals surface area contributed by atoms with E-state index in [1.54, 1.807) is 0 Å². The van der Waals surface area contributed by atoms with Crippen LogP contribution >= 0.6 is 22.6 Å². The molecule has 0 unspecified atom stereocenters. The highest BCUT2D eigenvalue weighted by Gasteiger charge is 2.15. The van der Waals surface area contributed by atoms with Gasteiger partial charge in [-0.3, -0.25) is 4.48 Å². The molecule has 0 aliphatic rings. The van der Waals surface area contributed by atoms with Crippen LogP contribution in [0.4, 0.5) is 5.69 Å². The molecule has 13 heavy (non-hydrogen) atoms. The number of hydrogen-bond donors (Lipinski definition) is 0. The molecule has 3 heteroatoms. The molecule has 0 N–H and O–H groups in total. The molecule has 0 spiro atoms. The third kappa shape index (κ3) is 2.42. The van der Waals surface area contributed by atoms with E-state index in [1.165, 1.54) is 5.69 Å². The summed E-state index contributed by atoms with van der Waals surface area (Å²) in [5, 5.41) is 8.70. The van der Waals surface area contributed by atoms with E-state index in [1.807, 2.05) is 18.2 Å². The average Bonchev–Trinajstić information content (AvgIpc) is 2.01. The van der Waals surface area contributed by atoms with Crippen LogP contribution in [0.5, 0.6) is 0 Å². The van der Waals surface area contributed by atoms with Gasteiger partial charge >= 0.3 is 0 Å². The quantitative estimate of drug-likeness (QED) is 0.574. The molecule has 0 saturated carbocycles. The van der Waals surface area contributed by atoms with Crippen LogP contribution in [0.2, 0.25) is 0 Å². The number of rotatable bonds is 1. The van der Waals surface area contributed by atoms with Crippen LogP contribution in [0.15, 0.2) is 18.2 Å². The summed E-state index contributed by atoms with van der Waals surface area (Å²) in [5.74, 6) is 0. The van der Waals surface area contributed by atoms with Crippen molar-refractivity contribution in [3.8, 4) is 6.07 Å². The van der Waals surface area contributed by atoms with Gasteiger partial charge in [0.2, 0.25) is 0 Å². The summed E-state index contributed by atoms with van der Waals surface area (Å²) >= 11 is 2.27. The predicted molar refractivity (Wildman–Crippen MR) is 63.4 cm³/mol. The van der Waals surface area contributed by atoms with E-state index in [0.717, 1.165) is 13.6 Å². The zero-order valence-corrected chi connectivity index (χ0v) is 10.2. The van der Waals surface area contributed by atoms with Gasteiger partial charge in [0.1, 0.15) is 5.69 Å². The van der Waals surface area contributed by atoms with E-state index in [-0.39, 0.29) is 0 Å². The average molecular weight is 287 g/mol. The third-order valence-corrected chi connectivity index (χ3v) is 2.66. The Morgan fingerprint density at radius 1 is 1.31 bits per heavy atom. The van der Waals surface area contributed by atoms with Crippen molar-refractivity contribution in [2.75, 3.05) is 21.1 Å². The second-order valence-electron chi connectivity index (χ2n) is 3.79. The van der Waals surface area contributed by atoms with Crippen molar-refractivity contribution >= 4 is 28.3 Å². The Bertz CT molecular complexity index is 358. The molecule has 1 aromatic rings. The molecule has 2 nitrogen and oxygen atoms in total. The predicted octanol–water partition coefficient (Wildman–Crippen LogP) is 2.36. The third-order valence-electron chi connectivity index (χ3n) is 1.80. The topological polar surface area (TPSA) is 23.8 Å². The summed E-state index contributed by atoms with van der Waals surface area (Å²) in [5.41, 5.74) is 1.96. The van der Waals surface area contributed by atoms with Crippen LogP contribution in [0, 0.1) is 14.9 Å². The number of hydrogen-bond acceptors (Lipinski definition) is 1. The van der Waals surface area contributed by atoms with E-state index < -0.39 is 0 Å². The normalized spacial score (nSPS) is 11.0. The largest absolute Gasteiger partial charge is 0.297 e. The molecule has 1 aromatic carbocycles. The summed E-state index contributed by atoms with van der Waals surface area (Å²) in [4.78, 5) is 0. The lowest BCUT2D eigenvalue weighted by Gasteiger charge is -2.24. The van der Waals surface area contributed by atoms with Crippen LogP contribution in [0.1, 0.15) is 5.56 Å². The first kappa shape index (κ1) is 10.5. The van der Waals surface area contributed by atoms with Gasteiger partial charge in [0.05, 0.1) is 36.3 Å². The van der Waals surface area contributed by atoms with Gasteiger partial charge in [-0.15, -0.1) is 0 Å². The summed E-state index contributed by atoms with van der Waals surface area (Å²) in [6.07, 6.45) is 0. The van der Waals surface area contributed by atoms with Crippen molar-refractivity contribution in [1.29, 1.82) is 5.26 Å². The summed E-state index contributed by atoms with van der Waals surface area (Å²) < 4.78 is 1.92.